The molecule has 0 aliphatic carbocycles. The first kappa shape index (κ1) is 19.1. The lowest BCUT2D eigenvalue weighted by Gasteiger charge is -2.32. The van der Waals surface area contributed by atoms with E-state index in [4.69, 9.17) is 14.0 Å². The van der Waals surface area contributed by atoms with E-state index < -0.39 is 18.3 Å². The smallest absolute Gasteiger partial charge is 0.465 e. The summed E-state index contributed by atoms with van der Waals surface area (Å²) in [6, 6.07) is 5.66. The van der Waals surface area contributed by atoms with Crippen LogP contribution in [0.2, 0.25) is 0 Å². The zero-order valence-corrected chi connectivity index (χ0v) is 16.6. The average molecular weight is 373 g/mol. The summed E-state index contributed by atoms with van der Waals surface area (Å²) in [5.41, 5.74) is 2.31. The third-order valence-electron chi connectivity index (χ3n) is 5.19. The number of carbonyl (C=O) groups excluding carboxylic acids is 1. The number of rotatable bonds is 4. The Hall–Kier alpha value is -1.70. The molecule has 1 N–H and O–H groups in total. The van der Waals surface area contributed by atoms with Gasteiger partial charge >= 0.3 is 13.1 Å². The molecule has 0 bridgehead atoms. The van der Waals surface area contributed by atoms with Crippen LogP contribution >= 0.6 is 12.6 Å². The van der Waals surface area contributed by atoms with Gasteiger partial charge in [0.1, 0.15) is 0 Å². The summed E-state index contributed by atoms with van der Waals surface area (Å²) in [6.07, 6.45) is 3.76. The van der Waals surface area contributed by atoms with Gasteiger partial charge in [-0.3, -0.25) is 0 Å². The van der Waals surface area contributed by atoms with Crippen molar-refractivity contribution in [1.29, 1.82) is 0 Å². The second-order valence-corrected chi connectivity index (χ2v) is 7.78. The zero-order valence-electron chi connectivity index (χ0n) is 15.8. The number of hydrogen-bond donors (Lipinski definition) is 2. The Bertz CT molecular complexity index is 856. The minimum Gasteiger partial charge on any atom is -0.465 e. The van der Waals surface area contributed by atoms with Gasteiger partial charge in [0, 0.05) is 22.9 Å². The van der Waals surface area contributed by atoms with Gasteiger partial charge in [-0.05, 0) is 56.9 Å². The molecule has 7 heteroatoms. The van der Waals surface area contributed by atoms with E-state index in [9.17, 15) is 4.79 Å². The van der Waals surface area contributed by atoms with Gasteiger partial charge in [0.25, 0.3) is 0 Å². The summed E-state index contributed by atoms with van der Waals surface area (Å²) in [4.78, 5) is 15.3. The molecule has 2 aromatic rings. The SMILES string of the molecule is COC(=O)c1cc(C=C(CS)B2OC(C)(C)C(C)(C)O2)cc2[nH]ccc12. The largest absolute Gasteiger partial charge is 0.491 e. The van der Waals surface area contributed by atoms with Gasteiger partial charge < -0.3 is 19.0 Å². The second-order valence-electron chi connectivity index (χ2n) is 7.46. The molecule has 138 valence electrons. The second kappa shape index (κ2) is 6.80. The van der Waals surface area contributed by atoms with Crippen molar-refractivity contribution in [2.45, 2.75) is 38.9 Å². The Labute approximate surface area is 159 Å². The molecule has 1 aromatic heterocycles. The topological polar surface area (TPSA) is 60.6 Å². The van der Waals surface area contributed by atoms with E-state index in [1.165, 1.54) is 7.11 Å². The van der Waals surface area contributed by atoms with Crippen LogP contribution < -0.4 is 0 Å². The molecule has 1 aliphatic rings. The fraction of sp³-hybridized carbons (Fsp3) is 0.421. The van der Waals surface area contributed by atoms with E-state index in [1.807, 2.05) is 52.0 Å². The number of carbonyl (C=O) groups is 1. The van der Waals surface area contributed by atoms with Crippen LogP contribution in [0.4, 0.5) is 0 Å². The van der Waals surface area contributed by atoms with Crippen molar-refractivity contribution in [2.24, 2.45) is 0 Å². The fourth-order valence-electron chi connectivity index (χ4n) is 2.95. The number of methoxy groups -OCH3 is 1. The number of thiol groups is 1. The molecule has 1 saturated heterocycles. The number of fused-ring (bicyclic) bond motifs is 1. The van der Waals surface area contributed by atoms with Crippen LogP contribution in [0.15, 0.2) is 29.9 Å². The summed E-state index contributed by atoms with van der Waals surface area (Å²) in [7, 11) is 0.908. The lowest BCUT2D eigenvalue weighted by Crippen LogP contribution is -2.41. The van der Waals surface area contributed by atoms with Crippen LogP contribution in [0, 0.1) is 0 Å². The Morgan fingerprint density at radius 2 is 1.92 bits per heavy atom. The Morgan fingerprint density at radius 1 is 1.27 bits per heavy atom. The van der Waals surface area contributed by atoms with E-state index in [2.05, 4.69) is 17.6 Å². The van der Waals surface area contributed by atoms with Gasteiger partial charge in [0.15, 0.2) is 0 Å². The predicted octanol–water partition coefficient (Wildman–Crippen LogP) is 3.90. The molecular weight excluding hydrogens is 349 g/mol. The highest BCUT2D eigenvalue weighted by atomic mass is 32.1. The lowest BCUT2D eigenvalue weighted by atomic mass is 9.78. The van der Waals surface area contributed by atoms with Gasteiger partial charge in [-0.2, -0.15) is 12.6 Å². The minimum atomic E-state index is -0.474. The number of benzene rings is 1. The molecule has 2 heterocycles. The maximum absolute atomic E-state index is 12.1. The van der Waals surface area contributed by atoms with E-state index in [-0.39, 0.29) is 5.97 Å². The molecule has 0 unspecified atom stereocenters. The summed E-state index contributed by atoms with van der Waals surface area (Å²) >= 11 is 4.45. The standard InChI is InChI=1S/C19H24BNO4S/c1-18(2)19(3,4)25-20(24-18)13(11-26)8-12-9-15(17(22)23-5)14-6-7-21-16(14)10-12/h6-10,21,26H,11H2,1-5H3. The van der Waals surface area contributed by atoms with E-state index in [0.717, 1.165) is 21.9 Å². The number of hydrogen-bond acceptors (Lipinski definition) is 5. The van der Waals surface area contributed by atoms with Crippen molar-refractivity contribution in [3.63, 3.8) is 0 Å². The quantitative estimate of drug-likeness (QED) is 0.485. The molecule has 0 spiro atoms. The first-order valence-electron chi connectivity index (χ1n) is 8.55. The Morgan fingerprint density at radius 3 is 2.50 bits per heavy atom. The Balaban J connectivity index is 2.01. The van der Waals surface area contributed by atoms with Crippen molar-refractivity contribution in [3.8, 4) is 0 Å². The molecular formula is C19H24BNO4S. The van der Waals surface area contributed by atoms with Crippen LogP contribution in [0.3, 0.4) is 0 Å². The zero-order chi connectivity index (χ0) is 19.1. The van der Waals surface area contributed by atoms with Crippen LogP contribution in [0.1, 0.15) is 43.6 Å². The van der Waals surface area contributed by atoms with Crippen LogP contribution in [-0.4, -0.2) is 42.1 Å². The van der Waals surface area contributed by atoms with Crippen molar-refractivity contribution in [3.05, 3.63) is 41.0 Å². The highest BCUT2D eigenvalue weighted by molar-refractivity contribution is 7.80. The highest BCUT2D eigenvalue weighted by Crippen LogP contribution is 2.39. The number of esters is 1. The first-order valence-corrected chi connectivity index (χ1v) is 9.18. The molecule has 1 fully saturated rings. The Kier molecular flexibility index (Phi) is 4.99. The number of aromatic nitrogens is 1. The van der Waals surface area contributed by atoms with Gasteiger partial charge in [-0.1, -0.05) is 6.08 Å². The highest BCUT2D eigenvalue weighted by Gasteiger charge is 2.52. The van der Waals surface area contributed by atoms with E-state index in [0.29, 0.717) is 11.3 Å². The van der Waals surface area contributed by atoms with Crippen molar-refractivity contribution in [1.82, 2.24) is 4.98 Å². The molecule has 26 heavy (non-hydrogen) atoms. The molecule has 0 atom stereocenters. The number of H-pyrrole nitrogens is 1. The molecule has 3 rings (SSSR count). The summed E-state index contributed by atoms with van der Waals surface area (Å²) in [5, 5.41) is 0.831. The molecule has 0 saturated carbocycles. The third-order valence-corrected chi connectivity index (χ3v) is 5.55. The monoisotopic (exact) mass is 373 g/mol. The minimum absolute atomic E-state index is 0.368. The van der Waals surface area contributed by atoms with E-state index in [1.54, 1.807) is 6.20 Å². The molecule has 0 radical (unpaired) electrons. The predicted molar refractivity (Wildman–Crippen MR) is 108 cm³/mol. The number of aromatic amines is 1. The maximum Gasteiger partial charge on any atom is 0.491 e. The van der Waals surface area contributed by atoms with Crippen molar-refractivity contribution in [2.75, 3.05) is 12.9 Å². The van der Waals surface area contributed by atoms with Crippen LogP contribution in [-0.2, 0) is 14.0 Å². The molecule has 0 amide bonds. The third kappa shape index (κ3) is 3.31. The van der Waals surface area contributed by atoms with Crippen LogP contribution in [0.5, 0.6) is 0 Å². The van der Waals surface area contributed by atoms with Crippen molar-refractivity contribution < 1.29 is 18.8 Å². The van der Waals surface area contributed by atoms with Crippen LogP contribution in [0.25, 0.3) is 17.0 Å². The number of nitrogens with one attached hydrogen (secondary N) is 1. The molecule has 5 nitrogen and oxygen atoms in total. The first-order chi connectivity index (χ1) is 12.2. The average Bonchev–Trinajstić information content (AvgIpc) is 3.12. The van der Waals surface area contributed by atoms with E-state index >= 15 is 0 Å². The maximum atomic E-state index is 12.1. The van der Waals surface area contributed by atoms with Gasteiger partial charge in [-0.25, -0.2) is 4.79 Å². The van der Waals surface area contributed by atoms with Gasteiger partial charge in [-0.15, -0.1) is 0 Å². The summed E-state index contributed by atoms with van der Waals surface area (Å²) in [5.74, 6) is 0.112. The summed E-state index contributed by atoms with van der Waals surface area (Å²) < 4.78 is 17.2. The van der Waals surface area contributed by atoms with Gasteiger partial charge in [0.05, 0.1) is 23.9 Å². The number of ether oxygens (including phenoxy) is 1. The van der Waals surface area contributed by atoms with Gasteiger partial charge in [0.2, 0.25) is 0 Å². The van der Waals surface area contributed by atoms with Crippen molar-refractivity contribution >= 4 is 42.7 Å². The summed E-state index contributed by atoms with van der Waals surface area (Å²) in [6.45, 7) is 8.07. The normalized spacial score (nSPS) is 19.2. The lowest BCUT2D eigenvalue weighted by molar-refractivity contribution is 0.00578. The fourth-order valence-corrected chi connectivity index (χ4v) is 3.19. The molecule has 1 aliphatic heterocycles. The molecule has 1 aromatic carbocycles.